The zero-order chi connectivity index (χ0) is 33.5. The van der Waals surface area contributed by atoms with Crippen LogP contribution in [-0.2, 0) is 25.4 Å². The Bertz CT molecular complexity index is 1530. The highest BCUT2D eigenvalue weighted by Gasteiger charge is 2.48. The zero-order valence-electron chi connectivity index (χ0n) is 25.8. The van der Waals surface area contributed by atoms with Crippen molar-refractivity contribution in [1.29, 1.82) is 0 Å². The third kappa shape index (κ3) is 5.80. The molecule has 2 heterocycles. The Morgan fingerprint density at radius 1 is 1.04 bits per heavy atom. The predicted molar refractivity (Wildman–Crippen MR) is 158 cm³/mol. The van der Waals surface area contributed by atoms with Crippen LogP contribution in [0.2, 0.25) is 0 Å². The number of aliphatic hydroxyl groups excluding tert-OH is 3. The quantitative estimate of drug-likeness (QED) is 0.201. The number of nitrogens with zero attached hydrogens (tertiary/aromatic N) is 1. The van der Waals surface area contributed by atoms with Crippen LogP contribution in [0.4, 0.5) is 0 Å². The summed E-state index contributed by atoms with van der Waals surface area (Å²) < 4.78 is 21.2. The normalized spacial score (nSPS) is 29.2. The molecule has 6 rings (SSSR count). The van der Waals surface area contributed by atoms with Crippen molar-refractivity contribution >= 4 is 17.3 Å². The number of ketones is 3. The summed E-state index contributed by atoms with van der Waals surface area (Å²) in [4.78, 5) is 40.5. The van der Waals surface area contributed by atoms with Gasteiger partial charge in [-0.15, -0.1) is 0 Å². The lowest BCUT2D eigenvalue weighted by molar-refractivity contribution is -0.190. The maximum atomic E-state index is 13.2. The van der Waals surface area contributed by atoms with Crippen LogP contribution < -0.4 is 4.74 Å². The number of phenolic OH excluding ortho intramolecular Hbond substituents is 2. The Labute approximate surface area is 264 Å². The second kappa shape index (κ2) is 13.3. The van der Waals surface area contributed by atoms with Gasteiger partial charge in [-0.05, 0) is 19.4 Å². The summed E-state index contributed by atoms with van der Waals surface area (Å²) >= 11 is 0. The summed E-state index contributed by atoms with van der Waals surface area (Å²) in [6.07, 6.45) is -2.54. The van der Waals surface area contributed by atoms with E-state index in [1.54, 1.807) is 7.11 Å². The topological polar surface area (TPSA) is 213 Å². The van der Waals surface area contributed by atoms with Gasteiger partial charge in [0.05, 0.1) is 48.7 Å². The van der Waals surface area contributed by atoms with Gasteiger partial charge >= 0.3 is 0 Å². The first-order valence-corrected chi connectivity index (χ1v) is 15.0. The molecule has 0 radical (unpaired) electrons. The monoisotopic (exact) mass is 645 g/mol. The fourth-order valence-corrected chi connectivity index (χ4v) is 6.74. The number of carbonyl (C=O) groups excluding carboxylic acids is 3. The molecule has 0 spiro atoms. The minimum Gasteiger partial charge on any atom is -0.507 e. The Hall–Kier alpha value is -3.47. The van der Waals surface area contributed by atoms with Crippen molar-refractivity contribution in [3.63, 3.8) is 0 Å². The van der Waals surface area contributed by atoms with Crippen LogP contribution in [0.25, 0.3) is 0 Å². The molecule has 6 unspecified atom stereocenters. The largest absolute Gasteiger partial charge is 0.507 e. The number of fused-ring (bicyclic) bond motifs is 3. The van der Waals surface area contributed by atoms with E-state index in [4.69, 9.17) is 24.1 Å². The third-order valence-electron chi connectivity index (χ3n) is 9.23. The maximum absolute atomic E-state index is 13.2. The Balaban J connectivity index is 0.000000219. The molecule has 2 saturated heterocycles. The molecule has 0 saturated carbocycles. The van der Waals surface area contributed by atoms with Crippen LogP contribution in [0, 0.1) is 0 Å². The number of hydrogen-bond donors (Lipinski definition) is 6. The van der Waals surface area contributed by atoms with Crippen molar-refractivity contribution in [3.8, 4) is 17.2 Å². The number of morpholine rings is 1. The van der Waals surface area contributed by atoms with E-state index >= 15 is 0 Å². The number of phenols is 2. The second-order valence-corrected chi connectivity index (χ2v) is 11.8. The lowest BCUT2D eigenvalue weighted by Crippen LogP contribution is -2.57. The average Bonchev–Trinajstić information content (AvgIpc) is 3.05. The minimum atomic E-state index is -2.21. The van der Waals surface area contributed by atoms with Crippen molar-refractivity contribution in [2.45, 2.75) is 62.4 Å². The molecule has 250 valence electrons. The van der Waals surface area contributed by atoms with Gasteiger partial charge in [0.2, 0.25) is 5.78 Å². The zero-order valence-corrected chi connectivity index (χ0v) is 25.8. The molecule has 0 aromatic heterocycles. The lowest BCUT2D eigenvalue weighted by atomic mass is 9.72. The number of aromatic hydroxyl groups is 2. The number of methoxy groups -OCH3 is 2. The van der Waals surface area contributed by atoms with Crippen LogP contribution in [0.15, 0.2) is 18.2 Å². The molecule has 6 atom stereocenters. The summed E-state index contributed by atoms with van der Waals surface area (Å²) in [5.41, 5.74) is -3.77. The van der Waals surface area contributed by atoms with E-state index in [-0.39, 0.29) is 46.4 Å². The Morgan fingerprint density at radius 3 is 2.43 bits per heavy atom. The van der Waals surface area contributed by atoms with Crippen molar-refractivity contribution in [2.24, 2.45) is 0 Å². The average molecular weight is 646 g/mol. The van der Waals surface area contributed by atoms with E-state index in [1.807, 2.05) is 6.92 Å². The molecule has 0 bridgehead atoms. The highest BCUT2D eigenvalue weighted by atomic mass is 16.7. The van der Waals surface area contributed by atoms with Gasteiger partial charge in [0.1, 0.15) is 29.5 Å². The fraction of sp³-hybridized carbons (Fsp3) is 0.531. The second-order valence-electron chi connectivity index (χ2n) is 11.8. The molecule has 14 nitrogen and oxygen atoms in total. The standard InChI is InChI=1S/C21H18O9.C11H21NO4/c1-30-11-4-2-3-8-14(11)20(28)16-15(17(8)25)18(26)9-5-21(29,12(24)7-22)6-10(23)13(9)19(16)27;1-8-11(13)9(3-5-15-8)12-4-6-16-10(7-12)14-2/h2-4,10,22-23,26-27,29H,5-7H2,1H3;8-11,13H,3-7H2,1-2H3. The van der Waals surface area contributed by atoms with Crippen molar-refractivity contribution in [3.05, 3.63) is 51.6 Å². The summed E-state index contributed by atoms with van der Waals surface area (Å²) in [5.74, 6) is -3.83. The summed E-state index contributed by atoms with van der Waals surface area (Å²) in [6, 6.07) is 4.51. The van der Waals surface area contributed by atoms with Gasteiger partial charge < -0.3 is 49.6 Å². The molecule has 46 heavy (non-hydrogen) atoms. The number of aliphatic hydroxyl groups is 4. The Morgan fingerprint density at radius 2 is 1.76 bits per heavy atom. The van der Waals surface area contributed by atoms with Gasteiger partial charge in [-0.1, -0.05) is 12.1 Å². The molecular formula is C32H39NO13. The van der Waals surface area contributed by atoms with Crippen molar-refractivity contribution in [2.75, 3.05) is 47.1 Å². The number of Topliss-reactive ketones (excluding diaryl/α,β-unsaturated/α-hetero) is 1. The summed E-state index contributed by atoms with van der Waals surface area (Å²) in [6.45, 7) is 3.89. The smallest absolute Gasteiger partial charge is 0.202 e. The number of hydrogen-bond acceptors (Lipinski definition) is 14. The minimum absolute atomic E-state index is 0.0421. The van der Waals surface area contributed by atoms with Crippen LogP contribution in [0.3, 0.4) is 0 Å². The van der Waals surface area contributed by atoms with E-state index in [0.717, 1.165) is 26.1 Å². The number of benzene rings is 2. The molecule has 2 aliphatic heterocycles. The van der Waals surface area contributed by atoms with Crippen LogP contribution in [0.1, 0.15) is 68.8 Å². The van der Waals surface area contributed by atoms with Gasteiger partial charge in [0.25, 0.3) is 0 Å². The van der Waals surface area contributed by atoms with Crippen LogP contribution in [-0.4, -0.2) is 130 Å². The Kier molecular flexibility index (Phi) is 9.82. The predicted octanol–water partition coefficient (Wildman–Crippen LogP) is -0.0167. The number of rotatable bonds is 5. The molecule has 2 aromatic rings. The summed E-state index contributed by atoms with van der Waals surface area (Å²) in [7, 11) is 2.97. The maximum Gasteiger partial charge on any atom is 0.202 e. The molecule has 2 aliphatic carbocycles. The van der Waals surface area contributed by atoms with E-state index in [9.17, 15) is 39.9 Å². The van der Waals surface area contributed by atoms with Crippen LogP contribution in [0.5, 0.6) is 17.2 Å². The van der Waals surface area contributed by atoms with Gasteiger partial charge in [0, 0.05) is 62.4 Å². The molecule has 6 N–H and O–H groups in total. The summed E-state index contributed by atoms with van der Waals surface area (Å²) in [5, 5.41) is 62.0. The first-order chi connectivity index (χ1) is 21.9. The number of carbonyl (C=O) groups is 3. The number of ether oxygens (including phenoxy) is 4. The van der Waals surface area contributed by atoms with E-state index in [1.165, 1.54) is 25.3 Å². The molecule has 4 aliphatic rings. The van der Waals surface area contributed by atoms with Gasteiger partial charge in [-0.2, -0.15) is 0 Å². The molecule has 0 amide bonds. The first-order valence-electron chi connectivity index (χ1n) is 15.0. The highest BCUT2D eigenvalue weighted by molar-refractivity contribution is 6.31. The lowest BCUT2D eigenvalue weighted by Gasteiger charge is -2.43. The van der Waals surface area contributed by atoms with Crippen LogP contribution >= 0.6 is 0 Å². The van der Waals surface area contributed by atoms with Gasteiger partial charge in [-0.25, -0.2) is 0 Å². The van der Waals surface area contributed by atoms with E-state index in [2.05, 4.69) is 4.90 Å². The van der Waals surface area contributed by atoms with Crippen molar-refractivity contribution < 1.29 is 64.0 Å². The molecular weight excluding hydrogens is 606 g/mol. The first kappa shape index (κ1) is 33.9. The third-order valence-corrected chi connectivity index (χ3v) is 9.23. The highest BCUT2D eigenvalue weighted by Crippen LogP contribution is 2.51. The molecule has 14 heteroatoms. The van der Waals surface area contributed by atoms with Crippen molar-refractivity contribution in [1.82, 2.24) is 4.90 Å². The van der Waals surface area contributed by atoms with E-state index in [0.29, 0.717) is 6.61 Å². The van der Waals surface area contributed by atoms with Gasteiger partial charge in [-0.3, -0.25) is 19.3 Å². The van der Waals surface area contributed by atoms with Gasteiger partial charge in [0.15, 0.2) is 17.9 Å². The molecule has 2 aromatic carbocycles. The van der Waals surface area contributed by atoms with E-state index < -0.39 is 77.2 Å². The molecule has 2 fully saturated rings. The SMILES string of the molecule is COC1CN(C2CCOC(C)C2O)CCO1.COc1cccc2c1C(=O)c1c(O)c3c(c(O)c1C2=O)CC(O)(C(=O)CO)CC3O. The fourth-order valence-electron chi connectivity index (χ4n) is 6.74.